The average Bonchev–Trinajstić information content (AvgIpc) is 3.07. The number of pyridine rings is 1. The molecule has 12 heteroatoms. The highest BCUT2D eigenvalue weighted by atomic mass is 19.4. The summed E-state index contributed by atoms with van der Waals surface area (Å²) in [6.07, 6.45) is -7.33. The molecule has 3 heterocycles. The molecule has 0 aliphatic carbocycles. The van der Waals surface area contributed by atoms with Crippen LogP contribution in [-0.2, 0) is 12.7 Å². The third kappa shape index (κ3) is 4.51. The van der Waals surface area contributed by atoms with E-state index in [-0.39, 0.29) is 29.9 Å². The number of ether oxygens (including phenoxy) is 1. The Bertz CT molecular complexity index is 1080. The fraction of sp³-hybridized carbons (Fsp3) is 0.353. The predicted molar refractivity (Wildman–Crippen MR) is 89.5 cm³/mol. The molecule has 29 heavy (non-hydrogen) atoms. The van der Waals surface area contributed by atoms with Crippen molar-refractivity contribution in [2.45, 2.75) is 31.7 Å². The maximum atomic E-state index is 13.6. The summed E-state index contributed by atoms with van der Waals surface area (Å²) in [6, 6.07) is 2.56. The van der Waals surface area contributed by atoms with Crippen LogP contribution >= 0.6 is 0 Å². The molecule has 0 aromatic carbocycles. The van der Waals surface area contributed by atoms with Crippen molar-refractivity contribution in [3.8, 4) is 16.9 Å². The van der Waals surface area contributed by atoms with Crippen LogP contribution in [0.5, 0.6) is 5.75 Å². The van der Waals surface area contributed by atoms with Gasteiger partial charge in [0.05, 0.1) is 18.9 Å². The second kappa shape index (κ2) is 7.41. The summed E-state index contributed by atoms with van der Waals surface area (Å²) in [7, 11) is 1.32. The highest BCUT2D eigenvalue weighted by Gasteiger charge is 2.38. The molecule has 0 N–H and O–H groups in total. The average molecular weight is 420 g/mol. The number of hydrogen-bond acceptors (Lipinski definition) is 4. The number of aromatic nitrogens is 4. The molecule has 0 saturated carbocycles. The summed E-state index contributed by atoms with van der Waals surface area (Å²) in [4.78, 5) is 16.3. The number of methoxy groups -OCH3 is 1. The third-order valence-electron chi connectivity index (χ3n) is 4.08. The molecule has 3 aromatic rings. The Kier molecular flexibility index (Phi) is 5.28. The van der Waals surface area contributed by atoms with Crippen LogP contribution in [0.4, 0.5) is 26.3 Å². The van der Waals surface area contributed by atoms with Crippen LogP contribution < -0.4 is 10.3 Å². The highest BCUT2D eigenvalue weighted by molar-refractivity contribution is 5.66. The highest BCUT2D eigenvalue weighted by Crippen LogP contribution is 2.34. The number of fused-ring (bicyclic) bond motifs is 1. The zero-order chi connectivity index (χ0) is 21.4. The minimum absolute atomic E-state index is 0.166. The van der Waals surface area contributed by atoms with Crippen LogP contribution in [0, 0.1) is 0 Å². The number of nitrogens with zero attached hydrogens (tertiary/aromatic N) is 4. The predicted octanol–water partition coefficient (Wildman–Crippen LogP) is 3.93. The van der Waals surface area contributed by atoms with Gasteiger partial charge in [0.1, 0.15) is 11.4 Å². The molecule has 3 aromatic heterocycles. The maximum Gasteiger partial charge on any atom is 0.434 e. The van der Waals surface area contributed by atoms with E-state index in [2.05, 4.69) is 10.1 Å². The van der Waals surface area contributed by atoms with Crippen molar-refractivity contribution in [3.63, 3.8) is 0 Å². The zero-order valence-corrected chi connectivity index (χ0v) is 14.9. The lowest BCUT2D eigenvalue weighted by molar-refractivity contribution is -0.140. The molecule has 0 radical (unpaired) electrons. The standard InChI is InChI=1S/C17H14F6N4O2/c1-29-11-3-6-27-12(7-11)25-14(17(21,22)23)13(15(27)28)10-8-24-26(9-10)5-2-4-16(18,19)20/h3,6-9H,2,4-5H2,1H3. The monoisotopic (exact) mass is 420 g/mol. The second-order valence-corrected chi connectivity index (χ2v) is 6.14. The van der Waals surface area contributed by atoms with Crippen molar-refractivity contribution in [1.29, 1.82) is 0 Å². The Morgan fingerprint density at radius 3 is 2.52 bits per heavy atom. The van der Waals surface area contributed by atoms with E-state index in [4.69, 9.17) is 4.74 Å². The Balaban J connectivity index is 2.07. The van der Waals surface area contributed by atoms with Crippen LogP contribution in [0.1, 0.15) is 18.5 Å². The van der Waals surface area contributed by atoms with Crippen LogP contribution in [0.25, 0.3) is 16.8 Å². The van der Waals surface area contributed by atoms with Gasteiger partial charge in [-0.1, -0.05) is 0 Å². The molecule has 6 nitrogen and oxygen atoms in total. The summed E-state index contributed by atoms with van der Waals surface area (Å²) in [5.41, 5.74) is -3.58. The Morgan fingerprint density at radius 2 is 1.90 bits per heavy atom. The molecule has 0 fully saturated rings. The fourth-order valence-electron chi connectivity index (χ4n) is 2.77. The first-order valence-electron chi connectivity index (χ1n) is 8.27. The normalized spacial score (nSPS) is 12.5. The second-order valence-electron chi connectivity index (χ2n) is 6.14. The zero-order valence-electron chi connectivity index (χ0n) is 14.9. The molecule has 0 unspecified atom stereocenters. The molecule has 0 spiro atoms. The van der Waals surface area contributed by atoms with E-state index in [9.17, 15) is 31.1 Å². The van der Waals surface area contributed by atoms with Crippen molar-refractivity contribution in [3.05, 3.63) is 46.8 Å². The van der Waals surface area contributed by atoms with Gasteiger partial charge in [0.15, 0.2) is 5.69 Å². The number of aryl methyl sites for hydroxylation is 1. The number of rotatable bonds is 5. The molecule has 0 aliphatic heterocycles. The largest absolute Gasteiger partial charge is 0.497 e. The van der Waals surface area contributed by atoms with Crippen molar-refractivity contribution in [2.24, 2.45) is 0 Å². The summed E-state index contributed by atoms with van der Waals surface area (Å²) in [5, 5.41) is 3.77. The smallest absolute Gasteiger partial charge is 0.434 e. The number of alkyl halides is 6. The van der Waals surface area contributed by atoms with Crippen molar-refractivity contribution in [1.82, 2.24) is 19.2 Å². The molecular weight excluding hydrogens is 406 g/mol. The molecule has 0 saturated heterocycles. The maximum absolute atomic E-state index is 13.6. The van der Waals surface area contributed by atoms with Crippen molar-refractivity contribution < 1.29 is 31.1 Å². The minimum atomic E-state index is -4.94. The fourth-order valence-corrected chi connectivity index (χ4v) is 2.77. The van der Waals surface area contributed by atoms with Gasteiger partial charge in [0.25, 0.3) is 5.56 Å². The van der Waals surface area contributed by atoms with Gasteiger partial charge in [-0.25, -0.2) is 4.98 Å². The van der Waals surface area contributed by atoms with E-state index in [1.807, 2.05) is 0 Å². The molecule has 3 rings (SSSR count). The SMILES string of the molecule is COc1ccn2c(=O)c(-c3cnn(CCCC(F)(F)F)c3)c(C(F)(F)F)nc2c1. The summed E-state index contributed by atoms with van der Waals surface area (Å²) >= 11 is 0. The molecule has 156 valence electrons. The van der Waals surface area contributed by atoms with Crippen LogP contribution in [0.15, 0.2) is 35.5 Å². The minimum Gasteiger partial charge on any atom is -0.497 e. The van der Waals surface area contributed by atoms with E-state index >= 15 is 0 Å². The van der Waals surface area contributed by atoms with E-state index < -0.39 is 35.6 Å². The van der Waals surface area contributed by atoms with Crippen molar-refractivity contribution in [2.75, 3.05) is 7.11 Å². The quantitative estimate of drug-likeness (QED) is 0.587. The summed E-state index contributed by atoms with van der Waals surface area (Å²) in [5.74, 6) is 0.218. The lowest BCUT2D eigenvalue weighted by Gasteiger charge is -2.13. The Morgan fingerprint density at radius 1 is 1.17 bits per heavy atom. The van der Waals surface area contributed by atoms with Gasteiger partial charge in [-0.3, -0.25) is 13.9 Å². The van der Waals surface area contributed by atoms with Gasteiger partial charge in [0, 0.05) is 37.0 Å². The number of hydrogen-bond donors (Lipinski definition) is 0. The lowest BCUT2D eigenvalue weighted by atomic mass is 10.1. The first-order valence-corrected chi connectivity index (χ1v) is 8.27. The van der Waals surface area contributed by atoms with Gasteiger partial charge >= 0.3 is 12.4 Å². The molecule has 0 amide bonds. The van der Waals surface area contributed by atoms with Gasteiger partial charge in [-0.2, -0.15) is 31.4 Å². The topological polar surface area (TPSA) is 61.4 Å². The van der Waals surface area contributed by atoms with Crippen LogP contribution in [0.2, 0.25) is 0 Å². The summed E-state index contributed by atoms with van der Waals surface area (Å²) in [6.45, 7) is -0.166. The Labute approximate surface area is 159 Å². The van der Waals surface area contributed by atoms with Crippen molar-refractivity contribution >= 4 is 5.65 Å². The lowest BCUT2D eigenvalue weighted by Crippen LogP contribution is -2.24. The molecular formula is C17H14F6N4O2. The molecule has 0 atom stereocenters. The van der Waals surface area contributed by atoms with E-state index in [0.29, 0.717) is 0 Å². The van der Waals surface area contributed by atoms with Crippen LogP contribution in [0.3, 0.4) is 0 Å². The molecule has 0 aliphatic rings. The third-order valence-corrected chi connectivity index (χ3v) is 4.08. The molecule has 0 bridgehead atoms. The van der Waals surface area contributed by atoms with Gasteiger partial charge in [0.2, 0.25) is 0 Å². The van der Waals surface area contributed by atoms with E-state index in [1.54, 1.807) is 0 Å². The van der Waals surface area contributed by atoms with Crippen LogP contribution in [-0.4, -0.2) is 32.5 Å². The van der Waals surface area contributed by atoms with Gasteiger partial charge in [-0.05, 0) is 12.5 Å². The first-order chi connectivity index (χ1) is 13.5. The van der Waals surface area contributed by atoms with Gasteiger partial charge < -0.3 is 4.74 Å². The van der Waals surface area contributed by atoms with E-state index in [1.165, 1.54) is 25.4 Å². The number of halogens is 6. The summed E-state index contributed by atoms with van der Waals surface area (Å²) < 4.78 is 84.4. The Hall–Kier alpha value is -3.05. The van der Waals surface area contributed by atoms with E-state index in [0.717, 1.165) is 21.5 Å². The van der Waals surface area contributed by atoms with Gasteiger partial charge in [-0.15, -0.1) is 0 Å². The first kappa shape index (κ1) is 20.7.